The van der Waals surface area contributed by atoms with Crippen LogP contribution in [0.15, 0.2) is 33.3 Å². The molecule has 5 heteroatoms. The lowest BCUT2D eigenvalue weighted by atomic mass is 10.1. The number of halogens is 2. The molecule has 0 atom stereocenters. The van der Waals surface area contributed by atoms with Gasteiger partial charge in [-0.15, -0.1) is 0 Å². The van der Waals surface area contributed by atoms with Crippen LogP contribution in [0.4, 0.5) is 4.39 Å². The predicted molar refractivity (Wildman–Crippen MR) is 81.1 cm³/mol. The smallest absolute Gasteiger partial charge is 0.196 e. The van der Waals surface area contributed by atoms with Gasteiger partial charge < -0.3 is 9.73 Å². The lowest BCUT2D eigenvalue weighted by Crippen LogP contribution is -2.37. The van der Waals surface area contributed by atoms with Crippen molar-refractivity contribution in [1.82, 2.24) is 10.3 Å². The van der Waals surface area contributed by atoms with E-state index >= 15 is 0 Å². The third-order valence-corrected chi connectivity index (χ3v) is 3.42. The zero-order valence-corrected chi connectivity index (χ0v) is 13.4. The maximum atomic E-state index is 13.8. The van der Waals surface area contributed by atoms with Crippen molar-refractivity contribution in [2.24, 2.45) is 0 Å². The molecule has 0 bridgehead atoms. The first-order valence-electron chi connectivity index (χ1n) is 6.51. The molecule has 0 aliphatic rings. The van der Waals surface area contributed by atoms with Gasteiger partial charge in [-0.05, 0) is 48.8 Å². The fourth-order valence-electron chi connectivity index (χ4n) is 1.82. The molecule has 1 N–H and O–H groups in total. The monoisotopic (exact) mass is 340 g/mol. The average Bonchev–Trinajstić information content (AvgIpc) is 2.75. The van der Waals surface area contributed by atoms with Crippen LogP contribution in [0.3, 0.4) is 0 Å². The van der Waals surface area contributed by atoms with E-state index in [1.807, 2.05) is 0 Å². The molecule has 2 aromatic rings. The number of nitrogens with one attached hydrogen (secondary N) is 1. The second-order valence-corrected chi connectivity index (χ2v) is 6.50. The molecule has 0 saturated heterocycles. The Hall–Kier alpha value is -1.20. The summed E-state index contributed by atoms with van der Waals surface area (Å²) < 4.78 is 20.1. The van der Waals surface area contributed by atoms with Crippen molar-refractivity contribution in [2.75, 3.05) is 6.54 Å². The summed E-state index contributed by atoms with van der Waals surface area (Å²) >= 11 is 3.33. The van der Waals surface area contributed by atoms with Crippen LogP contribution in [0.5, 0.6) is 0 Å². The van der Waals surface area contributed by atoms with Gasteiger partial charge in [0.1, 0.15) is 5.82 Å². The Bertz CT molecular complexity index is 570. The van der Waals surface area contributed by atoms with Crippen LogP contribution in [-0.2, 0) is 6.42 Å². The molecule has 0 saturated carbocycles. The largest absolute Gasteiger partial charge is 0.441 e. The number of rotatable bonds is 4. The van der Waals surface area contributed by atoms with Gasteiger partial charge in [0, 0.05) is 23.0 Å². The van der Waals surface area contributed by atoms with Crippen molar-refractivity contribution in [2.45, 2.75) is 32.7 Å². The molecule has 0 fully saturated rings. The van der Waals surface area contributed by atoms with E-state index in [4.69, 9.17) is 4.42 Å². The molecule has 108 valence electrons. The van der Waals surface area contributed by atoms with Crippen LogP contribution < -0.4 is 5.32 Å². The van der Waals surface area contributed by atoms with E-state index < -0.39 is 0 Å². The summed E-state index contributed by atoms with van der Waals surface area (Å²) in [6.45, 7) is 7.07. The van der Waals surface area contributed by atoms with Crippen LogP contribution >= 0.6 is 15.9 Å². The van der Waals surface area contributed by atoms with Crippen molar-refractivity contribution >= 4 is 15.9 Å². The average molecular weight is 341 g/mol. The van der Waals surface area contributed by atoms with Crippen molar-refractivity contribution in [3.63, 3.8) is 0 Å². The van der Waals surface area contributed by atoms with Crippen molar-refractivity contribution in [3.05, 3.63) is 40.6 Å². The van der Waals surface area contributed by atoms with Crippen molar-refractivity contribution in [3.8, 4) is 11.3 Å². The molecule has 3 nitrogen and oxygen atoms in total. The first kappa shape index (κ1) is 15.2. The zero-order valence-electron chi connectivity index (χ0n) is 11.8. The number of nitrogens with zero attached hydrogens (tertiary/aromatic N) is 1. The van der Waals surface area contributed by atoms with Crippen LogP contribution in [0.2, 0.25) is 0 Å². The van der Waals surface area contributed by atoms with E-state index in [-0.39, 0.29) is 11.4 Å². The van der Waals surface area contributed by atoms with Gasteiger partial charge in [-0.3, -0.25) is 0 Å². The summed E-state index contributed by atoms with van der Waals surface area (Å²) in [5.41, 5.74) is 0.472. The van der Waals surface area contributed by atoms with Gasteiger partial charge in [-0.2, -0.15) is 0 Å². The van der Waals surface area contributed by atoms with E-state index in [2.05, 4.69) is 47.0 Å². The van der Waals surface area contributed by atoms with Gasteiger partial charge in [-0.25, -0.2) is 9.37 Å². The van der Waals surface area contributed by atoms with Crippen LogP contribution in [0, 0.1) is 5.82 Å². The standard InChI is InChI=1S/C15H18BrFN2O/c1-15(2,3)19-8-7-13-18-9-12(20-13)14-10(16)5-4-6-11(14)17/h4-6,9,19H,7-8H2,1-3H3. The second-order valence-electron chi connectivity index (χ2n) is 5.64. The molecular formula is C15H18BrFN2O. The number of hydrogen-bond acceptors (Lipinski definition) is 3. The minimum absolute atomic E-state index is 0.0595. The number of aromatic nitrogens is 1. The first-order chi connectivity index (χ1) is 9.37. The van der Waals surface area contributed by atoms with E-state index in [0.29, 0.717) is 28.1 Å². The molecule has 0 aliphatic carbocycles. The third kappa shape index (κ3) is 3.90. The molecule has 1 aromatic heterocycles. The molecule has 0 unspecified atom stereocenters. The van der Waals surface area contributed by atoms with Crippen LogP contribution in [0.1, 0.15) is 26.7 Å². The quantitative estimate of drug-likeness (QED) is 0.907. The van der Waals surface area contributed by atoms with Gasteiger partial charge in [0.25, 0.3) is 0 Å². The fourth-order valence-corrected chi connectivity index (χ4v) is 2.36. The summed E-state index contributed by atoms with van der Waals surface area (Å²) in [6, 6.07) is 4.83. The molecule has 0 spiro atoms. The topological polar surface area (TPSA) is 38.1 Å². The summed E-state index contributed by atoms with van der Waals surface area (Å²) in [7, 11) is 0. The van der Waals surface area contributed by atoms with E-state index in [1.165, 1.54) is 6.07 Å². The Morgan fingerprint density at radius 1 is 1.35 bits per heavy atom. The van der Waals surface area contributed by atoms with Gasteiger partial charge >= 0.3 is 0 Å². The minimum Gasteiger partial charge on any atom is -0.441 e. The highest BCUT2D eigenvalue weighted by atomic mass is 79.9. The van der Waals surface area contributed by atoms with Gasteiger partial charge in [0.15, 0.2) is 11.7 Å². The van der Waals surface area contributed by atoms with E-state index in [0.717, 1.165) is 6.54 Å². The molecule has 0 radical (unpaired) electrons. The lowest BCUT2D eigenvalue weighted by Gasteiger charge is -2.19. The Kier molecular flexibility index (Phi) is 4.60. The molecule has 0 amide bonds. The van der Waals surface area contributed by atoms with Gasteiger partial charge in [0.05, 0.1) is 11.8 Å². The van der Waals surface area contributed by atoms with Crippen molar-refractivity contribution < 1.29 is 8.81 Å². The second kappa shape index (κ2) is 6.06. The summed E-state index contributed by atoms with van der Waals surface area (Å²) in [4.78, 5) is 4.20. The lowest BCUT2D eigenvalue weighted by molar-refractivity contribution is 0.411. The summed E-state index contributed by atoms with van der Waals surface area (Å²) in [5.74, 6) is 0.725. The van der Waals surface area contributed by atoms with Crippen LogP contribution in [0.25, 0.3) is 11.3 Å². The zero-order chi connectivity index (χ0) is 14.8. The van der Waals surface area contributed by atoms with E-state index in [1.54, 1.807) is 18.3 Å². The normalized spacial score (nSPS) is 11.8. The highest BCUT2D eigenvalue weighted by Crippen LogP contribution is 2.31. The highest BCUT2D eigenvalue weighted by molar-refractivity contribution is 9.10. The number of hydrogen-bond donors (Lipinski definition) is 1. The molecule has 20 heavy (non-hydrogen) atoms. The first-order valence-corrected chi connectivity index (χ1v) is 7.30. The molecule has 1 heterocycles. The van der Waals surface area contributed by atoms with Crippen molar-refractivity contribution in [1.29, 1.82) is 0 Å². The molecule has 2 rings (SSSR count). The maximum absolute atomic E-state index is 13.8. The Labute approximate surface area is 126 Å². The minimum atomic E-state index is -0.324. The van der Waals surface area contributed by atoms with E-state index in [9.17, 15) is 4.39 Å². The highest BCUT2D eigenvalue weighted by Gasteiger charge is 2.15. The Morgan fingerprint density at radius 2 is 2.10 bits per heavy atom. The Balaban J connectivity index is 2.09. The molecule has 0 aliphatic heterocycles. The summed E-state index contributed by atoms with van der Waals surface area (Å²) in [5, 5.41) is 3.36. The fraction of sp³-hybridized carbons (Fsp3) is 0.400. The molecule has 1 aromatic carbocycles. The third-order valence-electron chi connectivity index (χ3n) is 2.76. The maximum Gasteiger partial charge on any atom is 0.196 e. The van der Waals surface area contributed by atoms with Crippen LogP contribution in [-0.4, -0.2) is 17.1 Å². The molecular weight excluding hydrogens is 323 g/mol. The van der Waals surface area contributed by atoms with Gasteiger partial charge in [-0.1, -0.05) is 6.07 Å². The van der Waals surface area contributed by atoms with Gasteiger partial charge in [0.2, 0.25) is 0 Å². The SMILES string of the molecule is CC(C)(C)NCCc1ncc(-c2c(F)cccc2Br)o1. The predicted octanol–water partition coefficient (Wildman–Crippen LogP) is 4.17. The summed E-state index contributed by atoms with van der Waals surface area (Å²) in [6.07, 6.45) is 2.24. The number of oxazole rings is 1. The number of benzene rings is 1. The Morgan fingerprint density at radius 3 is 2.75 bits per heavy atom.